The van der Waals surface area contributed by atoms with E-state index in [0.717, 1.165) is 25.1 Å². The van der Waals surface area contributed by atoms with E-state index in [-0.39, 0.29) is 0 Å². The van der Waals surface area contributed by atoms with Crippen LogP contribution in [-0.4, -0.2) is 12.3 Å². The maximum Gasteiger partial charge on any atom is 0.288 e. The number of para-hydroxylation sites is 1. The zero-order valence-corrected chi connectivity index (χ0v) is 10.9. The lowest BCUT2D eigenvalue weighted by Gasteiger charge is -2.20. The lowest BCUT2D eigenvalue weighted by atomic mass is 9.94. The number of hydrogen-bond acceptors (Lipinski definition) is 2. The molecular formula is C14H17F2NS. The van der Waals surface area contributed by atoms with Crippen molar-refractivity contribution >= 4 is 17.4 Å². The van der Waals surface area contributed by atoms with Gasteiger partial charge in [0.15, 0.2) is 0 Å². The molecule has 0 bridgehead atoms. The smallest absolute Gasteiger partial charge is 0.288 e. The fourth-order valence-corrected chi connectivity index (χ4v) is 2.72. The van der Waals surface area contributed by atoms with E-state index in [1.807, 2.05) is 12.1 Å². The molecule has 1 aliphatic carbocycles. The quantitative estimate of drug-likeness (QED) is 0.610. The van der Waals surface area contributed by atoms with Crippen LogP contribution in [0.1, 0.15) is 19.3 Å². The third-order valence-electron chi connectivity index (χ3n) is 3.06. The Morgan fingerprint density at radius 2 is 2.11 bits per heavy atom. The molecule has 0 radical (unpaired) electrons. The van der Waals surface area contributed by atoms with Crippen LogP contribution in [0.15, 0.2) is 41.3 Å². The molecule has 4 heteroatoms. The average molecular weight is 269 g/mol. The molecule has 1 nitrogen and oxygen atoms in total. The minimum Gasteiger partial charge on any atom is -0.384 e. The van der Waals surface area contributed by atoms with E-state index in [2.05, 4.69) is 17.5 Å². The van der Waals surface area contributed by atoms with Crippen LogP contribution in [0.4, 0.5) is 14.5 Å². The summed E-state index contributed by atoms with van der Waals surface area (Å²) in [4.78, 5) is 0.624. The number of allylic oxidation sites excluding steroid dienone is 2. The second-order valence-electron chi connectivity index (χ2n) is 4.41. The topological polar surface area (TPSA) is 12.0 Å². The molecular weight excluding hydrogens is 252 g/mol. The van der Waals surface area contributed by atoms with Gasteiger partial charge in [0.25, 0.3) is 5.76 Å². The summed E-state index contributed by atoms with van der Waals surface area (Å²) in [5.41, 5.74) is 0.817. The Morgan fingerprint density at radius 3 is 2.83 bits per heavy atom. The third kappa shape index (κ3) is 4.02. The number of benzene rings is 1. The van der Waals surface area contributed by atoms with Crippen LogP contribution in [-0.2, 0) is 0 Å². The Morgan fingerprint density at radius 1 is 1.28 bits per heavy atom. The average Bonchev–Trinajstić information content (AvgIpc) is 2.38. The normalized spacial score (nSPS) is 19.2. The first-order valence-electron chi connectivity index (χ1n) is 6.18. The van der Waals surface area contributed by atoms with E-state index >= 15 is 0 Å². The highest BCUT2D eigenvalue weighted by Gasteiger charge is 2.12. The number of halogens is 2. The monoisotopic (exact) mass is 269 g/mol. The van der Waals surface area contributed by atoms with Gasteiger partial charge in [-0.15, -0.1) is 0 Å². The van der Waals surface area contributed by atoms with Gasteiger partial charge < -0.3 is 5.32 Å². The summed E-state index contributed by atoms with van der Waals surface area (Å²) in [5, 5.41) is 3.30. The van der Waals surface area contributed by atoms with Crippen molar-refractivity contribution in [1.29, 1.82) is 0 Å². The van der Waals surface area contributed by atoms with Gasteiger partial charge in [-0.3, -0.25) is 0 Å². The van der Waals surface area contributed by atoms with Crippen molar-refractivity contribution < 1.29 is 8.78 Å². The van der Waals surface area contributed by atoms with E-state index in [4.69, 9.17) is 0 Å². The van der Waals surface area contributed by atoms with Crippen molar-refractivity contribution in [3.63, 3.8) is 0 Å². The Balaban J connectivity index is 1.93. The molecule has 0 saturated heterocycles. The largest absolute Gasteiger partial charge is 0.384 e. The van der Waals surface area contributed by atoms with Crippen LogP contribution >= 0.6 is 11.8 Å². The van der Waals surface area contributed by atoms with E-state index in [0.29, 0.717) is 22.6 Å². The maximum absolute atomic E-state index is 12.4. The molecule has 0 amide bonds. The minimum atomic E-state index is -2.37. The molecule has 1 atom stereocenters. The van der Waals surface area contributed by atoms with Gasteiger partial charge in [-0.1, -0.05) is 36.0 Å². The van der Waals surface area contributed by atoms with Gasteiger partial charge >= 0.3 is 0 Å². The molecule has 0 aliphatic heterocycles. The molecule has 1 aromatic rings. The maximum atomic E-state index is 12.4. The molecule has 18 heavy (non-hydrogen) atoms. The molecule has 1 aliphatic rings. The molecule has 0 aromatic heterocycles. The van der Waals surface area contributed by atoms with Gasteiger partial charge in [-0.2, -0.15) is 8.78 Å². The lowest BCUT2D eigenvalue weighted by molar-refractivity contribution is 0.252. The number of alkyl halides is 2. The van der Waals surface area contributed by atoms with Crippen molar-refractivity contribution in [1.82, 2.24) is 0 Å². The first-order valence-corrected chi connectivity index (χ1v) is 7.06. The fraction of sp³-hybridized carbons (Fsp3) is 0.429. The molecule has 1 unspecified atom stereocenters. The Labute approximate surface area is 111 Å². The van der Waals surface area contributed by atoms with Gasteiger partial charge in [-0.25, -0.2) is 0 Å². The number of rotatable bonds is 5. The van der Waals surface area contributed by atoms with E-state index in [1.165, 1.54) is 6.42 Å². The van der Waals surface area contributed by atoms with Crippen LogP contribution in [0.5, 0.6) is 0 Å². The number of nitrogens with one attached hydrogen (secondary N) is 1. The van der Waals surface area contributed by atoms with Gasteiger partial charge in [-0.05, 0) is 37.3 Å². The van der Waals surface area contributed by atoms with Crippen LogP contribution in [0, 0.1) is 5.92 Å². The van der Waals surface area contributed by atoms with E-state index in [1.54, 1.807) is 12.1 Å². The first-order chi connectivity index (χ1) is 8.75. The highest BCUT2D eigenvalue weighted by molar-refractivity contribution is 7.99. The zero-order valence-electron chi connectivity index (χ0n) is 10.1. The van der Waals surface area contributed by atoms with Gasteiger partial charge in [0.1, 0.15) is 0 Å². The Kier molecular flexibility index (Phi) is 5.05. The minimum absolute atomic E-state index is 0.602. The molecule has 98 valence electrons. The standard InChI is InChI=1S/C14H17F2NS/c15-14(16)18-13-9-5-4-8-12(13)17-10-11-6-2-1-3-7-11/h1-2,4-5,8-9,11,14,17H,3,6-7,10H2. The second kappa shape index (κ2) is 6.78. The molecule has 0 saturated carbocycles. The summed E-state index contributed by atoms with van der Waals surface area (Å²) >= 11 is 0.602. The molecule has 2 rings (SSSR count). The van der Waals surface area contributed by atoms with Gasteiger partial charge in [0.2, 0.25) is 0 Å². The van der Waals surface area contributed by atoms with Crippen molar-refractivity contribution in [3.8, 4) is 0 Å². The Bertz CT molecular complexity index is 407. The number of thioether (sulfide) groups is 1. The fourth-order valence-electron chi connectivity index (χ4n) is 2.11. The summed E-state index contributed by atoms with van der Waals surface area (Å²) in [5.74, 6) is -1.76. The van der Waals surface area contributed by atoms with Crippen molar-refractivity contribution in [2.24, 2.45) is 5.92 Å². The van der Waals surface area contributed by atoms with Crippen LogP contribution in [0.2, 0.25) is 0 Å². The van der Waals surface area contributed by atoms with E-state index in [9.17, 15) is 8.78 Å². The Hall–Kier alpha value is -1.03. The first kappa shape index (κ1) is 13.4. The second-order valence-corrected chi connectivity index (χ2v) is 5.44. The van der Waals surface area contributed by atoms with Crippen molar-refractivity contribution in [2.75, 3.05) is 11.9 Å². The zero-order chi connectivity index (χ0) is 12.8. The van der Waals surface area contributed by atoms with Crippen LogP contribution in [0.3, 0.4) is 0 Å². The van der Waals surface area contributed by atoms with Crippen molar-refractivity contribution in [2.45, 2.75) is 29.9 Å². The number of hydrogen-bond donors (Lipinski definition) is 1. The predicted molar refractivity (Wildman–Crippen MR) is 73.3 cm³/mol. The lowest BCUT2D eigenvalue weighted by Crippen LogP contribution is -2.15. The van der Waals surface area contributed by atoms with E-state index < -0.39 is 5.76 Å². The predicted octanol–water partition coefficient (Wildman–Crippen LogP) is 4.77. The summed E-state index contributed by atoms with van der Waals surface area (Å²) in [6.45, 7) is 0.852. The molecule has 1 N–H and O–H groups in total. The summed E-state index contributed by atoms with van der Waals surface area (Å²) < 4.78 is 24.8. The highest BCUT2D eigenvalue weighted by atomic mass is 32.2. The number of anilines is 1. The molecule has 0 heterocycles. The summed E-state index contributed by atoms with van der Waals surface area (Å²) in [6.07, 6.45) is 7.79. The SMILES string of the molecule is FC(F)Sc1ccccc1NCC1CC=CCC1. The van der Waals surface area contributed by atoms with Gasteiger partial charge in [0, 0.05) is 17.1 Å². The summed E-state index contributed by atoms with van der Waals surface area (Å²) in [7, 11) is 0. The molecule has 0 fully saturated rings. The molecule has 0 spiro atoms. The molecule has 1 aromatic carbocycles. The highest BCUT2D eigenvalue weighted by Crippen LogP contribution is 2.32. The van der Waals surface area contributed by atoms with Crippen molar-refractivity contribution in [3.05, 3.63) is 36.4 Å². The summed E-state index contributed by atoms with van der Waals surface area (Å²) in [6, 6.07) is 7.27. The van der Waals surface area contributed by atoms with Crippen LogP contribution in [0.25, 0.3) is 0 Å². The van der Waals surface area contributed by atoms with Gasteiger partial charge in [0.05, 0.1) is 0 Å². The van der Waals surface area contributed by atoms with Crippen LogP contribution < -0.4 is 5.32 Å². The third-order valence-corrected chi connectivity index (χ3v) is 3.85.